The van der Waals surface area contributed by atoms with Gasteiger partial charge in [0.05, 0.1) is 11.3 Å². The molecule has 1 aliphatic carbocycles. The van der Waals surface area contributed by atoms with Crippen molar-refractivity contribution in [2.75, 3.05) is 0 Å². The SMILES string of the molecule is Fc1ccc(C2=CCc3ccc(CCc4ccccc4)nc3C=C=C2)c(C(F)(F)F)c1. The molecule has 1 heterocycles. The molecule has 1 aromatic heterocycles. The van der Waals surface area contributed by atoms with Crippen molar-refractivity contribution in [3.05, 3.63) is 118 Å². The Hall–Kier alpha value is -3.43. The lowest BCUT2D eigenvalue weighted by Crippen LogP contribution is -2.09. The largest absolute Gasteiger partial charge is 0.417 e. The Kier molecular flexibility index (Phi) is 5.88. The predicted octanol–water partition coefficient (Wildman–Crippen LogP) is 6.83. The van der Waals surface area contributed by atoms with Crippen LogP contribution in [-0.2, 0) is 25.4 Å². The molecule has 1 nitrogen and oxygen atoms in total. The average molecular weight is 421 g/mol. The van der Waals surface area contributed by atoms with Gasteiger partial charge in [-0.25, -0.2) is 4.39 Å². The normalized spacial score (nSPS) is 13.4. The van der Waals surface area contributed by atoms with Gasteiger partial charge >= 0.3 is 6.18 Å². The van der Waals surface area contributed by atoms with Crippen LogP contribution < -0.4 is 0 Å². The lowest BCUT2D eigenvalue weighted by molar-refractivity contribution is -0.137. The number of pyridine rings is 1. The van der Waals surface area contributed by atoms with E-state index in [9.17, 15) is 17.6 Å². The molecule has 3 aromatic rings. The summed E-state index contributed by atoms with van der Waals surface area (Å²) in [7, 11) is 0. The van der Waals surface area contributed by atoms with E-state index in [-0.39, 0.29) is 5.56 Å². The third-order valence-electron chi connectivity index (χ3n) is 5.18. The van der Waals surface area contributed by atoms with E-state index in [0.717, 1.165) is 41.9 Å². The Bertz CT molecular complexity index is 1180. The van der Waals surface area contributed by atoms with Gasteiger partial charge in [-0.05, 0) is 65.8 Å². The first-order valence-electron chi connectivity index (χ1n) is 9.92. The first kappa shape index (κ1) is 20.8. The summed E-state index contributed by atoms with van der Waals surface area (Å²) in [6.07, 6.45) is 2.31. The first-order valence-corrected chi connectivity index (χ1v) is 9.92. The number of alkyl halides is 3. The van der Waals surface area contributed by atoms with Gasteiger partial charge in [0.2, 0.25) is 0 Å². The standard InChI is InChI=1S/C26H19F4N/c27-21-13-16-23(24(17-21)26(28,29)30)19-7-4-8-25-20(11-10-19)12-15-22(31-25)14-9-18-5-2-1-3-6-18/h1-3,5-8,10,12-13,15-17H,9,11,14H2. The van der Waals surface area contributed by atoms with Crippen LogP contribution in [0.5, 0.6) is 0 Å². The van der Waals surface area contributed by atoms with Crippen molar-refractivity contribution in [2.45, 2.75) is 25.4 Å². The zero-order valence-corrected chi connectivity index (χ0v) is 16.6. The van der Waals surface area contributed by atoms with Crippen molar-refractivity contribution in [2.24, 2.45) is 0 Å². The maximum atomic E-state index is 13.4. The fourth-order valence-corrected chi connectivity index (χ4v) is 3.58. The molecule has 0 saturated carbocycles. The summed E-state index contributed by atoms with van der Waals surface area (Å²) < 4.78 is 53.6. The number of hydrogen-bond acceptors (Lipinski definition) is 1. The Morgan fingerprint density at radius 3 is 2.48 bits per heavy atom. The zero-order chi connectivity index (χ0) is 21.8. The molecular formula is C26H19F4N. The number of fused-ring (bicyclic) bond motifs is 1. The maximum absolute atomic E-state index is 13.4. The second kappa shape index (κ2) is 8.75. The van der Waals surface area contributed by atoms with Crippen LogP contribution in [0.1, 0.15) is 33.6 Å². The van der Waals surface area contributed by atoms with E-state index in [2.05, 4.69) is 17.9 Å². The summed E-state index contributed by atoms with van der Waals surface area (Å²) in [5, 5.41) is 0. The molecule has 2 aromatic carbocycles. The van der Waals surface area contributed by atoms with E-state index in [1.165, 1.54) is 11.6 Å². The molecule has 0 atom stereocenters. The summed E-state index contributed by atoms with van der Waals surface area (Å²) in [4.78, 5) is 4.70. The Labute approximate surface area is 178 Å². The maximum Gasteiger partial charge on any atom is 0.417 e. The summed E-state index contributed by atoms with van der Waals surface area (Å²) in [5.41, 5.74) is 6.08. The number of rotatable bonds is 4. The number of nitrogens with zero attached hydrogens (tertiary/aromatic N) is 1. The average Bonchev–Trinajstić information content (AvgIpc) is 2.73. The van der Waals surface area contributed by atoms with Gasteiger partial charge in [0.25, 0.3) is 0 Å². The summed E-state index contributed by atoms with van der Waals surface area (Å²) in [6.45, 7) is 0. The van der Waals surface area contributed by atoms with E-state index in [1.807, 2.05) is 30.3 Å². The highest BCUT2D eigenvalue weighted by Crippen LogP contribution is 2.36. The minimum atomic E-state index is -4.65. The highest BCUT2D eigenvalue weighted by molar-refractivity contribution is 5.78. The molecule has 0 spiro atoms. The summed E-state index contributed by atoms with van der Waals surface area (Å²) in [6, 6.07) is 16.8. The Morgan fingerprint density at radius 1 is 0.903 bits per heavy atom. The molecule has 0 saturated heterocycles. The topological polar surface area (TPSA) is 12.9 Å². The van der Waals surface area contributed by atoms with Crippen molar-refractivity contribution in [1.82, 2.24) is 4.98 Å². The van der Waals surface area contributed by atoms with Crippen molar-refractivity contribution in [3.8, 4) is 0 Å². The first-order chi connectivity index (χ1) is 14.9. The van der Waals surface area contributed by atoms with Gasteiger partial charge in [-0.2, -0.15) is 13.2 Å². The van der Waals surface area contributed by atoms with Gasteiger partial charge in [0.1, 0.15) is 5.82 Å². The smallest absolute Gasteiger partial charge is 0.253 e. The lowest BCUT2D eigenvalue weighted by atomic mass is 9.95. The van der Waals surface area contributed by atoms with E-state index in [0.29, 0.717) is 18.1 Å². The molecular weight excluding hydrogens is 402 g/mol. The van der Waals surface area contributed by atoms with Gasteiger partial charge in [-0.3, -0.25) is 4.98 Å². The lowest BCUT2D eigenvalue weighted by Gasteiger charge is -2.14. The molecule has 0 unspecified atom stereocenters. The van der Waals surface area contributed by atoms with Gasteiger partial charge in [0, 0.05) is 11.8 Å². The number of benzene rings is 2. The van der Waals surface area contributed by atoms with Crippen LogP contribution in [0.25, 0.3) is 11.6 Å². The minimum Gasteiger partial charge on any atom is -0.253 e. The van der Waals surface area contributed by atoms with Crippen LogP contribution in [0.15, 0.2) is 78.5 Å². The van der Waals surface area contributed by atoms with Crippen molar-refractivity contribution in [3.63, 3.8) is 0 Å². The molecule has 31 heavy (non-hydrogen) atoms. The van der Waals surface area contributed by atoms with Gasteiger partial charge < -0.3 is 0 Å². The van der Waals surface area contributed by atoms with Crippen molar-refractivity contribution < 1.29 is 17.6 Å². The monoisotopic (exact) mass is 421 g/mol. The zero-order valence-electron chi connectivity index (χ0n) is 16.6. The molecule has 0 amide bonds. The van der Waals surface area contributed by atoms with E-state index in [4.69, 9.17) is 4.98 Å². The van der Waals surface area contributed by atoms with Crippen LogP contribution in [0.4, 0.5) is 17.6 Å². The van der Waals surface area contributed by atoms with Crippen molar-refractivity contribution in [1.29, 1.82) is 0 Å². The van der Waals surface area contributed by atoms with Gasteiger partial charge in [-0.15, -0.1) is 5.73 Å². The quantitative estimate of drug-likeness (QED) is 0.332. The number of aryl methyl sites for hydroxylation is 2. The van der Waals surface area contributed by atoms with Crippen LogP contribution in [0, 0.1) is 5.82 Å². The summed E-state index contributed by atoms with van der Waals surface area (Å²) in [5.74, 6) is -0.917. The number of allylic oxidation sites excluding steroid dienone is 3. The third kappa shape index (κ3) is 5.01. The fourth-order valence-electron chi connectivity index (χ4n) is 3.58. The molecule has 0 fully saturated rings. The highest BCUT2D eigenvalue weighted by atomic mass is 19.4. The number of halogens is 4. The molecule has 5 heteroatoms. The van der Waals surface area contributed by atoms with E-state index >= 15 is 0 Å². The molecule has 0 aliphatic heterocycles. The van der Waals surface area contributed by atoms with Gasteiger partial charge in [0.15, 0.2) is 0 Å². The van der Waals surface area contributed by atoms with Crippen molar-refractivity contribution >= 4 is 11.6 Å². The second-order valence-corrected chi connectivity index (χ2v) is 7.34. The number of aromatic nitrogens is 1. The van der Waals surface area contributed by atoms with Crippen LogP contribution in [0.2, 0.25) is 0 Å². The van der Waals surface area contributed by atoms with Gasteiger partial charge in [-0.1, -0.05) is 48.5 Å². The Morgan fingerprint density at radius 2 is 1.71 bits per heavy atom. The molecule has 156 valence electrons. The Balaban J connectivity index is 1.60. The van der Waals surface area contributed by atoms with Crippen LogP contribution >= 0.6 is 0 Å². The molecule has 0 bridgehead atoms. The molecule has 1 aliphatic rings. The molecule has 0 N–H and O–H groups in total. The molecule has 4 rings (SSSR count). The highest BCUT2D eigenvalue weighted by Gasteiger charge is 2.34. The number of hydrogen-bond donors (Lipinski definition) is 0. The van der Waals surface area contributed by atoms with Crippen LogP contribution in [-0.4, -0.2) is 4.98 Å². The minimum absolute atomic E-state index is 0.0642. The fraction of sp³-hybridized carbons (Fsp3) is 0.154. The molecule has 0 radical (unpaired) electrons. The van der Waals surface area contributed by atoms with Crippen LogP contribution in [0.3, 0.4) is 0 Å². The van der Waals surface area contributed by atoms with E-state index < -0.39 is 17.6 Å². The second-order valence-electron chi connectivity index (χ2n) is 7.34. The van der Waals surface area contributed by atoms with E-state index in [1.54, 1.807) is 12.2 Å². The summed E-state index contributed by atoms with van der Waals surface area (Å²) >= 11 is 0. The predicted molar refractivity (Wildman–Crippen MR) is 114 cm³/mol. The third-order valence-corrected chi connectivity index (χ3v) is 5.18.